The van der Waals surface area contributed by atoms with Gasteiger partial charge in [-0.25, -0.2) is 8.42 Å². The van der Waals surface area contributed by atoms with Crippen LogP contribution in [0.2, 0.25) is 10.0 Å². The Bertz CT molecular complexity index is 1410. The first-order valence-electron chi connectivity index (χ1n) is 13.2. The fourth-order valence-corrected chi connectivity index (χ4v) is 6.16. The lowest BCUT2D eigenvalue weighted by Crippen LogP contribution is -2.52. The molecule has 0 bridgehead atoms. The number of halogens is 2. The first kappa shape index (κ1) is 31.5. The van der Waals surface area contributed by atoms with Crippen molar-refractivity contribution >= 4 is 50.7 Å². The van der Waals surface area contributed by atoms with Crippen LogP contribution in [-0.4, -0.2) is 44.3 Å². The maximum atomic E-state index is 14.1. The van der Waals surface area contributed by atoms with Gasteiger partial charge in [-0.15, -0.1) is 0 Å². The Morgan fingerprint density at radius 1 is 0.900 bits per heavy atom. The summed E-state index contributed by atoms with van der Waals surface area (Å²) in [6, 6.07) is 19.0. The Hall–Kier alpha value is -3.07. The van der Waals surface area contributed by atoms with Crippen molar-refractivity contribution in [3.05, 3.63) is 94.0 Å². The number of carbonyl (C=O) groups excluding carboxylic acids is 2. The second-order valence-electron chi connectivity index (χ2n) is 9.46. The lowest BCUT2D eigenvalue weighted by Gasteiger charge is -2.33. The van der Waals surface area contributed by atoms with Crippen molar-refractivity contribution in [1.82, 2.24) is 10.2 Å². The highest BCUT2D eigenvalue weighted by Crippen LogP contribution is 2.31. The Morgan fingerprint density at radius 3 is 2.12 bits per heavy atom. The van der Waals surface area contributed by atoms with E-state index in [0.717, 1.165) is 22.7 Å². The van der Waals surface area contributed by atoms with Gasteiger partial charge in [-0.05, 0) is 55.7 Å². The van der Waals surface area contributed by atoms with Crippen molar-refractivity contribution in [1.29, 1.82) is 0 Å². The number of sulfonamides is 1. The van der Waals surface area contributed by atoms with E-state index in [1.807, 2.05) is 20.8 Å². The molecule has 2 amide bonds. The highest BCUT2D eigenvalue weighted by atomic mass is 35.5. The van der Waals surface area contributed by atoms with E-state index in [0.29, 0.717) is 23.6 Å². The number of carbonyl (C=O) groups is 2. The molecule has 0 heterocycles. The van der Waals surface area contributed by atoms with Crippen LogP contribution in [0.3, 0.4) is 0 Å². The molecule has 1 N–H and O–H groups in total. The number of anilines is 1. The lowest BCUT2D eigenvalue weighted by molar-refractivity contribution is -0.140. The van der Waals surface area contributed by atoms with Gasteiger partial charge in [-0.3, -0.25) is 13.9 Å². The van der Waals surface area contributed by atoms with Gasteiger partial charge in [0.05, 0.1) is 15.6 Å². The number of para-hydroxylation sites is 1. The van der Waals surface area contributed by atoms with Crippen LogP contribution in [0.25, 0.3) is 0 Å². The number of aryl methyl sites for hydroxylation is 1. The zero-order valence-corrected chi connectivity index (χ0v) is 25.3. The maximum Gasteiger partial charge on any atom is 0.264 e. The minimum absolute atomic E-state index is 0.0211. The van der Waals surface area contributed by atoms with Crippen LogP contribution in [0.15, 0.2) is 77.7 Å². The third kappa shape index (κ3) is 7.77. The van der Waals surface area contributed by atoms with Crippen molar-refractivity contribution in [2.45, 2.75) is 57.5 Å². The van der Waals surface area contributed by atoms with Gasteiger partial charge in [0.25, 0.3) is 10.0 Å². The minimum Gasteiger partial charge on any atom is -0.354 e. The minimum atomic E-state index is -4.20. The third-order valence-corrected chi connectivity index (χ3v) is 8.99. The number of rotatable bonds is 13. The van der Waals surface area contributed by atoms with Crippen molar-refractivity contribution in [3.8, 4) is 0 Å². The van der Waals surface area contributed by atoms with Crippen LogP contribution >= 0.6 is 23.2 Å². The quantitative estimate of drug-likeness (QED) is 0.235. The molecule has 0 saturated heterocycles. The molecule has 7 nitrogen and oxygen atoms in total. The van der Waals surface area contributed by atoms with E-state index in [2.05, 4.69) is 5.32 Å². The molecule has 0 saturated carbocycles. The van der Waals surface area contributed by atoms with E-state index < -0.39 is 28.5 Å². The SMILES string of the molecule is CCCCNC(=O)C(CC)N(Cc1ccccc1Cl)C(=O)CN(c1ccccc1Cl)S(=O)(=O)c1ccc(C)cc1. The fraction of sp³-hybridized carbons (Fsp3) is 0.333. The van der Waals surface area contributed by atoms with Crippen LogP contribution in [0.5, 0.6) is 0 Å². The molecule has 1 atom stereocenters. The van der Waals surface area contributed by atoms with E-state index in [1.165, 1.54) is 17.0 Å². The summed E-state index contributed by atoms with van der Waals surface area (Å²) in [5, 5.41) is 3.52. The predicted molar refractivity (Wildman–Crippen MR) is 161 cm³/mol. The molecule has 0 fully saturated rings. The van der Waals surface area contributed by atoms with Crippen LogP contribution in [0, 0.1) is 6.92 Å². The molecule has 10 heteroatoms. The molecule has 0 aliphatic carbocycles. The summed E-state index contributed by atoms with van der Waals surface area (Å²) in [7, 11) is -4.20. The molecule has 0 spiro atoms. The summed E-state index contributed by atoms with van der Waals surface area (Å²) >= 11 is 12.9. The Balaban J connectivity index is 2.06. The molecule has 0 aromatic heterocycles. The zero-order chi connectivity index (χ0) is 29.3. The summed E-state index contributed by atoms with van der Waals surface area (Å²) in [6.07, 6.45) is 2.03. The Labute approximate surface area is 247 Å². The van der Waals surface area contributed by atoms with Crippen molar-refractivity contribution < 1.29 is 18.0 Å². The average Bonchev–Trinajstić information content (AvgIpc) is 2.93. The van der Waals surface area contributed by atoms with Crippen molar-refractivity contribution in [3.63, 3.8) is 0 Å². The number of nitrogens with zero attached hydrogens (tertiary/aromatic N) is 2. The molecule has 3 aromatic carbocycles. The van der Waals surface area contributed by atoms with Crippen LogP contribution in [-0.2, 0) is 26.2 Å². The van der Waals surface area contributed by atoms with Gasteiger partial charge in [0.15, 0.2) is 0 Å². The second kappa shape index (κ2) is 14.5. The molecule has 0 aliphatic rings. The van der Waals surface area contributed by atoms with Gasteiger partial charge >= 0.3 is 0 Å². The molecular formula is C30H35Cl2N3O4S. The van der Waals surface area contributed by atoms with Gasteiger partial charge in [-0.1, -0.05) is 91.5 Å². The number of hydrogen-bond acceptors (Lipinski definition) is 4. The fourth-order valence-electron chi connectivity index (χ4n) is 4.24. The van der Waals surface area contributed by atoms with E-state index in [-0.39, 0.29) is 28.1 Å². The van der Waals surface area contributed by atoms with Gasteiger partial charge in [-0.2, -0.15) is 0 Å². The maximum absolute atomic E-state index is 14.1. The van der Waals surface area contributed by atoms with Crippen LogP contribution in [0.4, 0.5) is 5.69 Å². The van der Waals surface area contributed by atoms with E-state index in [1.54, 1.807) is 60.7 Å². The van der Waals surface area contributed by atoms with Crippen LogP contribution < -0.4 is 9.62 Å². The first-order valence-corrected chi connectivity index (χ1v) is 15.4. The summed E-state index contributed by atoms with van der Waals surface area (Å²) in [4.78, 5) is 28.7. The summed E-state index contributed by atoms with van der Waals surface area (Å²) < 4.78 is 28.8. The van der Waals surface area contributed by atoms with Crippen molar-refractivity contribution in [2.75, 3.05) is 17.4 Å². The zero-order valence-electron chi connectivity index (χ0n) is 22.9. The highest BCUT2D eigenvalue weighted by Gasteiger charge is 2.34. The first-order chi connectivity index (χ1) is 19.1. The number of hydrogen-bond donors (Lipinski definition) is 1. The molecular weight excluding hydrogens is 569 g/mol. The molecule has 0 radical (unpaired) electrons. The number of nitrogens with one attached hydrogen (secondary N) is 1. The average molecular weight is 605 g/mol. The molecule has 3 aromatic rings. The smallest absolute Gasteiger partial charge is 0.264 e. The number of benzene rings is 3. The van der Waals surface area contributed by atoms with Gasteiger partial charge in [0.1, 0.15) is 12.6 Å². The third-order valence-electron chi connectivity index (χ3n) is 6.52. The van der Waals surface area contributed by atoms with Crippen molar-refractivity contribution in [2.24, 2.45) is 0 Å². The van der Waals surface area contributed by atoms with E-state index in [9.17, 15) is 18.0 Å². The summed E-state index contributed by atoms with van der Waals surface area (Å²) in [5.74, 6) is -0.866. The Kier molecular flexibility index (Phi) is 11.4. The molecule has 40 heavy (non-hydrogen) atoms. The van der Waals surface area contributed by atoms with Gasteiger partial charge in [0.2, 0.25) is 11.8 Å². The number of amides is 2. The standard InChI is InChI=1S/C30H35Cl2N3O4S/c1-4-6-19-33-30(37)27(5-2)34(20-23-11-7-8-12-25(23)31)29(36)21-35(28-14-10-9-13-26(28)32)40(38,39)24-17-15-22(3)16-18-24/h7-18,27H,4-6,19-21H2,1-3H3,(H,33,37). The van der Waals surface area contributed by atoms with Gasteiger partial charge in [0, 0.05) is 18.1 Å². The topological polar surface area (TPSA) is 86.8 Å². The predicted octanol–water partition coefficient (Wildman–Crippen LogP) is 6.22. The second-order valence-corrected chi connectivity index (χ2v) is 12.1. The molecule has 0 aliphatic heterocycles. The molecule has 214 valence electrons. The Morgan fingerprint density at radius 2 is 1.52 bits per heavy atom. The summed E-state index contributed by atoms with van der Waals surface area (Å²) in [5.41, 5.74) is 1.70. The largest absolute Gasteiger partial charge is 0.354 e. The number of unbranched alkanes of at least 4 members (excludes halogenated alkanes) is 1. The monoisotopic (exact) mass is 603 g/mol. The van der Waals surface area contributed by atoms with Gasteiger partial charge < -0.3 is 10.2 Å². The van der Waals surface area contributed by atoms with E-state index >= 15 is 0 Å². The molecule has 1 unspecified atom stereocenters. The highest BCUT2D eigenvalue weighted by molar-refractivity contribution is 7.92. The summed E-state index contributed by atoms with van der Waals surface area (Å²) in [6.45, 7) is 5.63. The van der Waals surface area contributed by atoms with E-state index in [4.69, 9.17) is 23.2 Å². The molecule has 3 rings (SSSR count). The van der Waals surface area contributed by atoms with Crippen LogP contribution in [0.1, 0.15) is 44.2 Å². The normalized spacial score (nSPS) is 12.0. The lowest BCUT2D eigenvalue weighted by atomic mass is 10.1.